The molecule has 1 aromatic rings. The maximum atomic E-state index is 13.7. The number of fused-ring (bicyclic) bond motifs is 1. The number of carboxylic acids is 1. The van der Waals surface area contributed by atoms with Gasteiger partial charge in [-0.2, -0.15) is 18.2 Å². The summed E-state index contributed by atoms with van der Waals surface area (Å²) >= 11 is 6.29. The van der Waals surface area contributed by atoms with Gasteiger partial charge in [-0.25, -0.2) is 9.63 Å². The van der Waals surface area contributed by atoms with Crippen LogP contribution in [0.2, 0.25) is 5.02 Å². The van der Waals surface area contributed by atoms with E-state index in [0.29, 0.717) is 10.6 Å². The van der Waals surface area contributed by atoms with E-state index in [-0.39, 0.29) is 16.6 Å². The fourth-order valence-corrected chi connectivity index (χ4v) is 3.57. The fourth-order valence-electron chi connectivity index (χ4n) is 3.11. The van der Waals surface area contributed by atoms with Crippen LogP contribution in [0.5, 0.6) is 5.75 Å². The van der Waals surface area contributed by atoms with E-state index < -0.39 is 54.6 Å². The number of hydrogen-bond acceptors (Lipinski definition) is 9. The number of carboxylic acid groups (broad SMARTS) is 1. The zero-order valence-corrected chi connectivity index (χ0v) is 20.4. The van der Waals surface area contributed by atoms with Gasteiger partial charge in [0, 0.05) is 16.6 Å². The van der Waals surface area contributed by atoms with E-state index in [4.69, 9.17) is 31.0 Å². The average molecular weight is 526 g/mol. The highest BCUT2D eigenvalue weighted by Crippen LogP contribution is 2.42. The van der Waals surface area contributed by atoms with E-state index >= 15 is 0 Å². The van der Waals surface area contributed by atoms with Crippen molar-refractivity contribution in [2.24, 2.45) is 0 Å². The Hall–Kier alpha value is -2.42. The second kappa shape index (κ2) is 11.1. The molecule has 14 heteroatoms. The predicted molar refractivity (Wildman–Crippen MR) is 117 cm³/mol. The van der Waals surface area contributed by atoms with Gasteiger partial charge in [-0.1, -0.05) is 38.0 Å². The van der Waals surface area contributed by atoms with Crippen LogP contribution >= 0.6 is 11.6 Å². The number of nitrogens with one attached hydrogen (secondary N) is 1. The van der Waals surface area contributed by atoms with Crippen LogP contribution in [0, 0.1) is 0 Å². The molecule has 10 nitrogen and oxygen atoms in total. The molecule has 0 amide bonds. The minimum Gasteiger partial charge on any atom is -0.480 e. The largest absolute Gasteiger partial charge is 0.480 e. The van der Waals surface area contributed by atoms with Crippen molar-refractivity contribution in [3.05, 3.63) is 33.9 Å². The Kier molecular flexibility index (Phi) is 9.14. The molecule has 35 heavy (non-hydrogen) atoms. The van der Waals surface area contributed by atoms with Crippen molar-refractivity contribution in [2.75, 3.05) is 13.3 Å². The molecular formula is C21H27ClF3N3O7. The Morgan fingerprint density at radius 2 is 1.89 bits per heavy atom. The minimum atomic E-state index is -4.93. The van der Waals surface area contributed by atoms with Crippen molar-refractivity contribution >= 4 is 29.6 Å². The van der Waals surface area contributed by atoms with Gasteiger partial charge in [-0.15, -0.1) is 0 Å². The Morgan fingerprint density at radius 3 is 2.40 bits per heavy atom. The zero-order valence-electron chi connectivity index (χ0n) is 19.6. The normalized spacial score (nSPS) is 16.3. The van der Waals surface area contributed by atoms with Crippen molar-refractivity contribution in [3.8, 4) is 5.75 Å². The highest BCUT2D eigenvalue weighted by atomic mass is 35.5. The molecule has 1 aromatic carbocycles. The number of esters is 1. The van der Waals surface area contributed by atoms with E-state index in [9.17, 15) is 28.0 Å². The predicted octanol–water partition coefficient (Wildman–Crippen LogP) is 3.68. The van der Waals surface area contributed by atoms with E-state index in [1.54, 1.807) is 13.8 Å². The van der Waals surface area contributed by atoms with Crippen LogP contribution in [0.25, 0.3) is 6.08 Å². The Morgan fingerprint density at radius 1 is 1.26 bits per heavy atom. The van der Waals surface area contributed by atoms with Gasteiger partial charge in [0.15, 0.2) is 0 Å². The molecule has 0 saturated carbocycles. The summed E-state index contributed by atoms with van der Waals surface area (Å²) in [6, 6.07) is 2.34. The van der Waals surface area contributed by atoms with Crippen molar-refractivity contribution in [3.63, 3.8) is 0 Å². The van der Waals surface area contributed by atoms with Gasteiger partial charge in [0.05, 0.1) is 5.57 Å². The number of aliphatic carboxylic acids is 1. The maximum absolute atomic E-state index is 13.7. The van der Waals surface area contributed by atoms with Gasteiger partial charge in [-0.3, -0.25) is 10.0 Å². The van der Waals surface area contributed by atoms with Crippen LogP contribution in [0.3, 0.4) is 0 Å². The summed E-state index contributed by atoms with van der Waals surface area (Å²) in [6.45, 7) is 7.16. The SMILES string of the molecule is CC(C)N(CC(=O)O)N(O)NOCOC(=O)C1=Cc2cc(Cl)c(C(C)(C)C)cc2O[C@@H]1C(F)(F)F. The fraction of sp³-hybridized carbons (Fsp3) is 0.524. The van der Waals surface area contributed by atoms with Crippen molar-refractivity contribution in [1.29, 1.82) is 0 Å². The van der Waals surface area contributed by atoms with Gasteiger partial charge < -0.3 is 14.6 Å². The van der Waals surface area contributed by atoms with Crippen molar-refractivity contribution in [2.45, 2.75) is 58.4 Å². The molecule has 0 fully saturated rings. The standard InChI is InChI=1S/C21H27ClF3N3O7/c1-11(2)27(9-17(29)30)28(32)26-34-10-33-19(31)13-6-12-7-15(22)14(20(3,4)5)8-16(12)35-18(13)21(23,24)25/h6-8,11,18,26,32H,9-10H2,1-5H3,(H,29,30)/t18-/m0/s1. The van der Waals surface area contributed by atoms with Gasteiger partial charge in [0.2, 0.25) is 12.9 Å². The van der Waals surface area contributed by atoms with E-state index in [2.05, 4.69) is 0 Å². The number of benzene rings is 1. The number of hydrogen-bond donors (Lipinski definition) is 3. The highest BCUT2D eigenvalue weighted by Gasteiger charge is 2.49. The summed E-state index contributed by atoms with van der Waals surface area (Å²) in [5.74, 6) is -2.71. The topological polar surface area (TPSA) is 121 Å². The van der Waals surface area contributed by atoms with Crippen LogP contribution in [0.15, 0.2) is 17.7 Å². The summed E-state index contributed by atoms with van der Waals surface area (Å²) < 4.78 is 50.9. The first kappa shape index (κ1) is 28.8. The van der Waals surface area contributed by atoms with E-state index in [1.165, 1.54) is 12.1 Å². The monoisotopic (exact) mass is 525 g/mol. The van der Waals surface area contributed by atoms with Crippen molar-refractivity contribution in [1.82, 2.24) is 15.9 Å². The first-order chi connectivity index (χ1) is 16.0. The molecule has 1 atom stereocenters. The zero-order chi connectivity index (χ0) is 26.7. The molecule has 0 aromatic heterocycles. The van der Waals surface area contributed by atoms with Gasteiger partial charge in [0.1, 0.15) is 12.3 Å². The van der Waals surface area contributed by atoms with Gasteiger partial charge >= 0.3 is 18.1 Å². The summed E-state index contributed by atoms with van der Waals surface area (Å²) in [5.41, 5.74) is 1.34. The third-order valence-electron chi connectivity index (χ3n) is 4.81. The third-order valence-corrected chi connectivity index (χ3v) is 5.12. The lowest BCUT2D eigenvalue weighted by Crippen LogP contribution is -2.53. The van der Waals surface area contributed by atoms with Crippen LogP contribution in [-0.2, 0) is 24.6 Å². The molecule has 0 spiro atoms. The van der Waals surface area contributed by atoms with Gasteiger partial charge in [0.25, 0.3) is 0 Å². The van der Waals surface area contributed by atoms with Crippen LogP contribution in [0.1, 0.15) is 45.7 Å². The molecule has 0 unspecified atom stereocenters. The van der Waals surface area contributed by atoms with Gasteiger partial charge in [-0.05, 0) is 48.3 Å². The lowest BCUT2D eigenvalue weighted by atomic mass is 9.85. The van der Waals surface area contributed by atoms with Crippen LogP contribution < -0.4 is 10.3 Å². The second-order valence-electron chi connectivity index (χ2n) is 8.92. The number of ether oxygens (including phenoxy) is 2. The quantitative estimate of drug-likeness (QED) is 0.190. The lowest BCUT2D eigenvalue weighted by molar-refractivity contribution is -0.359. The molecular weight excluding hydrogens is 499 g/mol. The first-order valence-corrected chi connectivity index (χ1v) is 10.7. The van der Waals surface area contributed by atoms with Crippen LogP contribution in [-0.4, -0.2) is 64.2 Å². The van der Waals surface area contributed by atoms with E-state index in [1.807, 2.05) is 26.4 Å². The molecule has 1 aliphatic rings. The number of rotatable bonds is 9. The summed E-state index contributed by atoms with van der Waals surface area (Å²) in [6.07, 6.45) is -6.54. The number of alkyl halides is 3. The van der Waals surface area contributed by atoms with Crippen molar-refractivity contribution < 1.29 is 47.4 Å². The summed E-state index contributed by atoms with van der Waals surface area (Å²) in [4.78, 5) is 28.0. The number of halogens is 4. The lowest BCUT2D eigenvalue weighted by Gasteiger charge is -2.31. The van der Waals surface area contributed by atoms with E-state index in [0.717, 1.165) is 11.1 Å². The number of nitrogens with zero attached hydrogens (tertiary/aromatic N) is 2. The molecule has 1 heterocycles. The number of hydrazine groups is 2. The minimum absolute atomic E-state index is 0.0840. The first-order valence-electron chi connectivity index (χ1n) is 10.3. The molecule has 0 saturated heterocycles. The second-order valence-corrected chi connectivity index (χ2v) is 9.33. The molecule has 196 valence electrons. The highest BCUT2D eigenvalue weighted by molar-refractivity contribution is 6.31. The Balaban J connectivity index is 2.15. The molecule has 0 bridgehead atoms. The summed E-state index contributed by atoms with van der Waals surface area (Å²) in [7, 11) is 0. The number of carbonyl (C=O) groups excluding carboxylic acids is 1. The molecule has 2 rings (SSSR count). The molecule has 0 radical (unpaired) electrons. The third kappa shape index (κ3) is 7.53. The molecule has 3 N–H and O–H groups in total. The molecule has 1 aliphatic heterocycles. The molecule has 0 aliphatic carbocycles. The Labute approximate surface area is 204 Å². The van der Waals surface area contributed by atoms with Crippen LogP contribution in [0.4, 0.5) is 13.2 Å². The smallest absolute Gasteiger partial charge is 0.430 e. The number of carbonyl (C=O) groups is 2. The maximum Gasteiger partial charge on any atom is 0.430 e. The summed E-state index contributed by atoms with van der Waals surface area (Å²) in [5, 5.41) is 20.1. The average Bonchev–Trinajstić information content (AvgIpc) is 2.71. The Bertz CT molecular complexity index is 980.